The highest BCUT2D eigenvalue weighted by Gasteiger charge is 2.15. The second kappa shape index (κ2) is 6.79. The fraction of sp³-hybridized carbons (Fsp3) is 0.235. The van der Waals surface area contributed by atoms with E-state index in [-0.39, 0.29) is 23.6 Å². The molecule has 0 fully saturated rings. The van der Waals surface area contributed by atoms with E-state index in [0.717, 1.165) is 5.56 Å². The van der Waals surface area contributed by atoms with Gasteiger partial charge in [-0.05, 0) is 5.92 Å². The van der Waals surface area contributed by atoms with Crippen LogP contribution in [0.2, 0.25) is 0 Å². The van der Waals surface area contributed by atoms with Gasteiger partial charge < -0.3 is 16.2 Å². The molecule has 3 aromatic heterocycles. The fourth-order valence-electron chi connectivity index (χ4n) is 2.35. The average molecular weight is 353 g/mol. The van der Waals surface area contributed by atoms with Crippen molar-refractivity contribution in [3.63, 3.8) is 0 Å². The number of anilines is 2. The molecule has 0 saturated carbocycles. The minimum absolute atomic E-state index is 0.0750. The molecule has 0 unspecified atom stereocenters. The standard InChI is InChI=1S/C17H19N7O2/c1-9(2)12-6-20-13(11-5-22-24(8-11)10(3)25)4-14(12)26-15-7-21-17(19)23-16(15)18/h4-9H,1-3H3,(H4,18,19,21,23). The molecule has 0 spiro atoms. The third-order valence-electron chi connectivity index (χ3n) is 3.74. The van der Waals surface area contributed by atoms with Crippen molar-refractivity contribution in [2.24, 2.45) is 0 Å². The molecule has 26 heavy (non-hydrogen) atoms. The van der Waals surface area contributed by atoms with Gasteiger partial charge in [0.05, 0.1) is 18.1 Å². The van der Waals surface area contributed by atoms with Gasteiger partial charge >= 0.3 is 0 Å². The molecule has 9 nitrogen and oxygen atoms in total. The molecule has 0 aliphatic carbocycles. The first kappa shape index (κ1) is 17.3. The number of nitrogen functional groups attached to an aromatic ring is 2. The summed E-state index contributed by atoms with van der Waals surface area (Å²) in [7, 11) is 0. The SMILES string of the molecule is CC(=O)n1cc(-c2cc(Oc3cnc(N)nc3N)c(C(C)C)cn2)cn1. The van der Waals surface area contributed by atoms with Crippen molar-refractivity contribution in [1.82, 2.24) is 24.7 Å². The maximum Gasteiger partial charge on any atom is 0.243 e. The van der Waals surface area contributed by atoms with Gasteiger partial charge in [0.1, 0.15) is 5.75 Å². The van der Waals surface area contributed by atoms with Gasteiger partial charge in [-0.1, -0.05) is 13.8 Å². The lowest BCUT2D eigenvalue weighted by Gasteiger charge is -2.15. The van der Waals surface area contributed by atoms with Crippen LogP contribution in [0.15, 0.2) is 30.9 Å². The smallest absolute Gasteiger partial charge is 0.243 e. The number of hydrogen-bond acceptors (Lipinski definition) is 8. The van der Waals surface area contributed by atoms with Gasteiger partial charge in [0.25, 0.3) is 0 Å². The number of ether oxygens (including phenoxy) is 1. The van der Waals surface area contributed by atoms with Crippen molar-refractivity contribution < 1.29 is 9.53 Å². The van der Waals surface area contributed by atoms with Crippen LogP contribution in [-0.2, 0) is 0 Å². The van der Waals surface area contributed by atoms with Crippen LogP contribution in [0.1, 0.15) is 37.0 Å². The number of nitrogens with zero attached hydrogens (tertiary/aromatic N) is 5. The zero-order valence-electron chi connectivity index (χ0n) is 14.7. The van der Waals surface area contributed by atoms with E-state index in [1.165, 1.54) is 17.8 Å². The highest BCUT2D eigenvalue weighted by Crippen LogP contribution is 2.34. The lowest BCUT2D eigenvalue weighted by Crippen LogP contribution is -2.04. The van der Waals surface area contributed by atoms with E-state index in [0.29, 0.717) is 22.8 Å². The van der Waals surface area contributed by atoms with Crippen LogP contribution in [0.5, 0.6) is 11.5 Å². The Morgan fingerprint density at radius 2 is 1.92 bits per heavy atom. The molecular weight excluding hydrogens is 334 g/mol. The average Bonchev–Trinajstić information content (AvgIpc) is 3.07. The van der Waals surface area contributed by atoms with Gasteiger partial charge in [-0.3, -0.25) is 9.78 Å². The molecule has 0 aliphatic rings. The van der Waals surface area contributed by atoms with Crippen molar-refractivity contribution in [3.8, 4) is 22.8 Å². The Bertz CT molecular complexity index is 965. The van der Waals surface area contributed by atoms with Gasteiger partial charge in [0, 0.05) is 36.5 Å². The second-order valence-corrected chi connectivity index (χ2v) is 6.03. The summed E-state index contributed by atoms with van der Waals surface area (Å²) in [6, 6.07) is 1.77. The van der Waals surface area contributed by atoms with Crippen molar-refractivity contribution in [2.75, 3.05) is 11.5 Å². The highest BCUT2D eigenvalue weighted by molar-refractivity contribution is 5.76. The Balaban J connectivity index is 2.02. The molecule has 3 aromatic rings. The minimum atomic E-state index is -0.182. The van der Waals surface area contributed by atoms with Crippen LogP contribution >= 0.6 is 0 Å². The first-order chi connectivity index (χ1) is 12.3. The zero-order chi connectivity index (χ0) is 18.8. The third kappa shape index (κ3) is 3.46. The summed E-state index contributed by atoms with van der Waals surface area (Å²) in [5, 5.41) is 4.02. The predicted octanol–water partition coefficient (Wildman–Crippen LogP) is 2.48. The molecule has 0 aliphatic heterocycles. The molecule has 0 aromatic carbocycles. The summed E-state index contributed by atoms with van der Waals surface area (Å²) >= 11 is 0. The quantitative estimate of drug-likeness (QED) is 0.730. The van der Waals surface area contributed by atoms with Crippen molar-refractivity contribution >= 4 is 17.7 Å². The molecule has 9 heteroatoms. The maximum atomic E-state index is 11.4. The Morgan fingerprint density at radius 1 is 1.15 bits per heavy atom. The Hall–Kier alpha value is -3.49. The van der Waals surface area contributed by atoms with E-state index in [1.54, 1.807) is 24.7 Å². The maximum absolute atomic E-state index is 11.4. The van der Waals surface area contributed by atoms with Crippen molar-refractivity contribution in [3.05, 3.63) is 36.4 Å². The molecule has 4 N–H and O–H groups in total. The summed E-state index contributed by atoms with van der Waals surface area (Å²) < 4.78 is 7.18. The topological polar surface area (TPSA) is 135 Å². The molecule has 0 amide bonds. The first-order valence-electron chi connectivity index (χ1n) is 7.97. The van der Waals surface area contributed by atoms with Gasteiger partial charge in [0.2, 0.25) is 11.9 Å². The van der Waals surface area contributed by atoms with E-state index in [9.17, 15) is 4.79 Å². The Morgan fingerprint density at radius 3 is 2.54 bits per heavy atom. The summed E-state index contributed by atoms with van der Waals surface area (Å²) in [5.41, 5.74) is 13.6. The second-order valence-electron chi connectivity index (χ2n) is 6.03. The third-order valence-corrected chi connectivity index (χ3v) is 3.74. The Labute approximate surface area is 150 Å². The van der Waals surface area contributed by atoms with Crippen LogP contribution in [0, 0.1) is 0 Å². The summed E-state index contributed by atoms with van der Waals surface area (Å²) in [6.07, 6.45) is 6.35. The van der Waals surface area contributed by atoms with E-state index >= 15 is 0 Å². The zero-order valence-corrected chi connectivity index (χ0v) is 14.7. The van der Waals surface area contributed by atoms with Crippen molar-refractivity contribution in [1.29, 1.82) is 0 Å². The van der Waals surface area contributed by atoms with E-state index in [2.05, 4.69) is 20.1 Å². The largest absolute Gasteiger partial charge is 0.451 e. The lowest BCUT2D eigenvalue weighted by atomic mass is 10.0. The number of carbonyl (C=O) groups excluding carboxylic acids is 1. The van der Waals surface area contributed by atoms with Gasteiger partial charge in [0.15, 0.2) is 11.6 Å². The summed E-state index contributed by atoms with van der Waals surface area (Å²) in [6.45, 7) is 5.49. The van der Waals surface area contributed by atoms with Gasteiger partial charge in [-0.2, -0.15) is 10.1 Å². The molecule has 134 valence electrons. The minimum Gasteiger partial charge on any atom is -0.451 e. The lowest BCUT2D eigenvalue weighted by molar-refractivity contribution is 0.0921. The van der Waals surface area contributed by atoms with Crippen molar-refractivity contribution in [2.45, 2.75) is 26.7 Å². The fourth-order valence-corrected chi connectivity index (χ4v) is 2.35. The molecule has 0 radical (unpaired) electrons. The summed E-state index contributed by atoms with van der Waals surface area (Å²) in [4.78, 5) is 23.7. The van der Waals surface area contributed by atoms with Crippen LogP contribution in [0.4, 0.5) is 11.8 Å². The number of pyridine rings is 1. The molecule has 3 heterocycles. The molecular formula is C17H19N7O2. The predicted molar refractivity (Wildman–Crippen MR) is 96.8 cm³/mol. The number of aromatic nitrogens is 5. The molecule has 0 saturated heterocycles. The van der Waals surface area contributed by atoms with Gasteiger partial charge in [-0.15, -0.1) is 0 Å². The number of nitrogens with two attached hydrogens (primary N) is 2. The molecule has 0 atom stereocenters. The van der Waals surface area contributed by atoms with Crippen LogP contribution < -0.4 is 16.2 Å². The number of hydrogen-bond donors (Lipinski definition) is 2. The normalized spacial score (nSPS) is 10.9. The van der Waals surface area contributed by atoms with E-state index in [4.69, 9.17) is 16.2 Å². The van der Waals surface area contributed by atoms with Crippen LogP contribution in [0.25, 0.3) is 11.3 Å². The monoisotopic (exact) mass is 353 g/mol. The summed E-state index contributed by atoms with van der Waals surface area (Å²) in [5.74, 6) is 1.08. The van der Waals surface area contributed by atoms with E-state index in [1.807, 2.05) is 13.8 Å². The first-order valence-corrected chi connectivity index (χ1v) is 7.97. The van der Waals surface area contributed by atoms with Crippen LogP contribution in [0.3, 0.4) is 0 Å². The Kier molecular flexibility index (Phi) is 4.53. The number of carbonyl (C=O) groups is 1. The molecule has 3 rings (SSSR count). The highest BCUT2D eigenvalue weighted by atomic mass is 16.5. The molecule has 0 bridgehead atoms. The van der Waals surface area contributed by atoms with E-state index < -0.39 is 0 Å². The van der Waals surface area contributed by atoms with Gasteiger partial charge in [-0.25, -0.2) is 9.67 Å². The van der Waals surface area contributed by atoms with Crippen LogP contribution in [-0.4, -0.2) is 30.6 Å². The number of rotatable bonds is 4.